The topological polar surface area (TPSA) is 64.4 Å². The lowest BCUT2D eigenvalue weighted by Crippen LogP contribution is -2.36. The standard InChI is InChI=1S/C14H30N2O2/c1-4-6-13(9-10-15)7-8-14(17)16-12(3)11-18-5-2/h12-13H,4-11,15H2,1-3H3,(H,16,17). The Morgan fingerprint density at radius 1 is 1.28 bits per heavy atom. The average molecular weight is 258 g/mol. The molecule has 3 N–H and O–H groups in total. The van der Waals surface area contributed by atoms with Gasteiger partial charge in [0.2, 0.25) is 5.91 Å². The quantitative estimate of drug-likeness (QED) is 0.596. The van der Waals surface area contributed by atoms with Gasteiger partial charge >= 0.3 is 0 Å². The fourth-order valence-electron chi connectivity index (χ4n) is 2.10. The molecule has 108 valence electrons. The number of nitrogens with one attached hydrogen (secondary N) is 1. The Morgan fingerprint density at radius 2 is 2.00 bits per heavy atom. The first kappa shape index (κ1) is 17.4. The van der Waals surface area contributed by atoms with Crippen molar-refractivity contribution in [1.82, 2.24) is 5.32 Å². The van der Waals surface area contributed by atoms with Crippen molar-refractivity contribution in [2.75, 3.05) is 19.8 Å². The molecule has 0 aromatic heterocycles. The zero-order valence-electron chi connectivity index (χ0n) is 12.2. The van der Waals surface area contributed by atoms with E-state index >= 15 is 0 Å². The molecule has 0 radical (unpaired) electrons. The Hall–Kier alpha value is -0.610. The summed E-state index contributed by atoms with van der Waals surface area (Å²) >= 11 is 0. The van der Waals surface area contributed by atoms with E-state index in [1.54, 1.807) is 0 Å². The highest BCUT2D eigenvalue weighted by atomic mass is 16.5. The summed E-state index contributed by atoms with van der Waals surface area (Å²) in [4.78, 5) is 11.7. The normalized spacial score (nSPS) is 14.2. The van der Waals surface area contributed by atoms with E-state index in [2.05, 4.69) is 12.2 Å². The molecule has 0 aromatic carbocycles. The molecular formula is C14H30N2O2. The van der Waals surface area contributed by atoms with Gasteiger partial charge in [-0.05, 0) is 39.2 Å². The maximum absolute atomic E-state index is 11.7. The second-order valence-electron chi connectivity index (χ2n) is 4.90. The minimum Gasteiger partial charge on any atom is -0.380 e. The van der Waals surface area contributed by atoms with Crippen LogP contribution in [0.5, 0.6) is 0 Å². The molecule has 0 fully saturated rings. The Labute approximate surface area is 112 Å². The molecule has 0 bridgehead atoms. The van der Waals surface area contributed by atoms with E-state index in [0.29, 0.717) is 32.1 Å². The maximum Gasteiger partial charge on any atom is 0.220 e. The van der Waals surface area contributed by atoms with Crippen LogP contribution in [0.3, 0.4) is 0 Å². The van der Waals surface area contributed by atoms with E-state index in [1.807, 2.05) is 13.8 Å². The Bertz CT molecular complexity index is 204. The molecule has 0 heterocycles. The zero-order chi connectivity index (χ0) is 13.8. The van der Waals surface area contributed by atoms with Gasteiger partial charge in [0.15, 0.2) is 0 Å². The van der Waals surface area contributed by atoms with Crippen molar-refractivity contribution in [3.8, 4) is 0 Å². The molecule has 4 nitrogen and oxygen atoms in total. The third-order valence-corrected chi connectivity index (χ3v) is 3.03. The highest BCUT2D eigenvalue weighted by Gasteiger charge is 2.11. The predicted octanol–water partition coefficient (Wildman–Crippen LogP) is 2.07. The van der Waals surface area contributed by atoms with Crippen LogP contribution in [-0.2, 0) is 9.53 Å². The summed E-state index contributed by atoms with van der Waals surface area (Å²) < 4.78 is 5.27. The minimum atomic E-state index is 0.0941. The first-order valence-electron chi connectivity index (χ1n) is 7.21. The lowest BCUT2D eigenvalue weighted by molar-refractivity contribution is -0.122. The van der Waals surface area contributed by atoms with Crippen LogP contribution in [0.4, 0.5) is 0 Å². The number of carbonyl (C=O) groups excluding carboxylic acids is 1. The van der Waals surface area contributed by atoms with Gasteiger partial charge < -0.3 is 15.8 Å². The number of amides is 1. The SMILES string of the molecule is CCCC(CCN)CCC(=O)NC(C)COCC. The van der Waals surface area contributed by atoms with Crippen molar-refractivity contribution in [3.63, 3.8) is 0 Å². The molecule has 0 aliphatic heterocycles. The fourth-order valence-corrected chi connectivity index (χ4v) is 2.10. The van der Waals surface area contributed by atoms with Crippen LogP contribution in [-0.4, -0.2) is 31.7 Å². The molecule has 0 saturated carbocycles. The molecule has 18 heavy (non-hydrogen) atoms. The van der Waals surface area contributed by atoms with Crippen molar-refractivity contribution in [3.05, 3.63) is 0 Å². The summed E-state index contributed by atoms with van der Waals surface area (Å²) in [5.74, 6) is 0.716. The first-order chi connectivity index (χ1) is 8.63. The van der Waals surface area contributed by atoms with Crippen molar-refractivity contribution < 1.29 is 9.53 Å². The number of hydrogen-bond donors (Lipinski definition) is 2. The van der Waals surface area contributed by atoms with E-state index in [1.165, 1.54) is 6.42 Å². The largest absolute Gasteiger partial charge is 0.380 e. The minimum absolute atomic E-state index is 0.0941. The number of nitrogens with two attached hydrogens (primary N) is 1. The molecule has 0 saturated heterocycles. The van der Waals surface area contributed by atoms with Crippen LogP contribution in [0.2, 0.25) is 0 Å². The van der Waals surface area contributed by atoms with Crippen LogP contribution in [0.15, 0.2) is 0 Å². The van der Waals surface area contributed by atoms with Crippen molar-refractivity contribution in [1.29, 1.82) is 0 Å². The fraction of sp³-hybridized carbons (Fsp3) is 0.929. The molecule has 0 aliphatic carbocycles. The third kappa shape index (κ3) is 9.42. The molecule has 0 rings (SSSR count). The summed E-state index contributed by atoms with van der Waals surface area (Å²) in [5.41, 5.74) is 5.58. The molecule has 4 heteroatoms. The summed E-state index contributed by atoms with van der Waals surface area (Å²) in [7, 11) is 0. The Balaban J connectivity index is 3.78. The van der Waals surface area contributed by atoms with Gasteiger partial charge in [0.05, 0.1) is 6.61 Å². The predicted molar refractivity (Wildman–Crippen MR) is 75.4 cm³/mol. The monoisotopic (exact) mass is 258 g/mol. The van der Waals surface area contributed by atoms with E-state index < -0.39 is 0 Å². The van der Waals surface area contributed by atoms with Gasteiger partial charge in [-0.1, -0.05) is 19.8 Å². The molecule has 1 amide bonds. The van der Waals surface area contributed by atoms with E-state index in [-0.39, 0.29) is 11.9 Å². The summed E-state index contributed by atoms with van der Waals surface area (Å²) in [5, 5.41) is 2.96. The van der Waals surface area contributed by atoms with E-state index in [4.69, 9.17) is 10.5 Å². The smallest absolute Gasteiger partial charge is 0.220 e. The van der Waals surface area contributed by atoms with Gasteiger partial charge in [-0.25, -0.2) is 0 Å². The molecule has 2 atom stereocenters. The van der Waals surface area contributed by atoms with Crippen LogP contribution in [0.25, 0.3) is 0 Å². The van der Waals surface area contributed by atoms with Crippen molar-refractivity contribution in [2.45, 2.75) is 58.9 Å². The summed E-state index contributed by atoms with van der Waals surface area (Å²) in [6.45, 7) is 8.09. The third-order valence-electron chi connectivity index (χ3n) is 3.03. The molecule has 0 aliphatic rings. The van der Waals surface area contributed by atoms with E-state index in [0.717, 1.165) is 19.3 Å². The molecule has 2 unspecified atom stereocenters. The number of rotatable bonds is 11. The van der Waals surface area contributed by atoms with Crippen molar-refractivity contribution in [2.24, 2.45) is 11.7 Å². The van der Waals surface area contributed by atoms with Crippen LogP contribution in [0, 0.1) is 5.92 Å². The van der Waals surface area contributed by atoms with Crippen LogP contribution in [0.1, 0.15) is 52.9 Å². The second kappa shape index (κ2) is 11.5. The van der Waals surface area contributed by atoms with Crippen LogP contribution < -0.4 is 11.1 Å². The maximum atomic E-state index is 11.7. The lowest BCUT2D eigenvalue weighted by Gasteiger charge is -2.17. The van der Waals surface area contributed by atoms with Crippen molar-refractivity contribution >= 4 is 5.91 Å². The molecule has 0 spiro atoms. The number of ether oxygens (including phenoxy) is 1. The Kier molecular flexibility index (Phi) is 11.1. The van der Waals surface area contributed by atoms with Gasteiger partial charge in [0.1, 0.15) is 0 Å². The second-order valence-corrected chi connectivity index (χ2v) is 4.90. The highest BCUT2D eigenvalue weighted by molar-refractivity contribution is 5.76. The van der Waals surface area contributed by atoms with Crippen LogP contribution >= 0.6 is 0 Å². The molecular weight excluding hydrogens is 228 g/mol. The van der Waals surface area contributed by atoms with Gasteiger partial charge in [0.25, 0.3) is 0 Å². The summed E-state index contributed by atoms with van der Waals surface area (Å²) in [6.07, 6.45) is 4.89. The summed E-state index contributed by atoms with van der Waals surface area (Å²) in [6, 6.07) is 0.0941. The lowest BCUT2D eigenvalue weighted by atomic mass is 9.94. The molecule has 0 aromatic rings. The van der Waals surface area contributed by atoms with Gasteiger partial charge in [0, 0.05) is 19.1 Å². The van der Waals surface area contributed by atoms with Gasteiger partial charge in [-0.15, -0.1) is 0 Å². The number of carbonyl (C=O) groups is 1. The van der Waals surface area contributed by atoms with Gasteiger partial charge in [-0.3, -0.25) is 4.79 Å². The number of hydrogen-bond acceptors (Lipinski definition) is 3. The Morgan fingerprint density at radius 3 is 2.56 bits per heavy atom. The highest BCUT2D eigenvalue weighted by Crippen LogP contribution is 2.16. The first-order valence-corrected chi connectivity index (χ1v) is 7.21. The van der Waals surface area contributed by atoms with Gasteiger partial charge in [-0.2, -0.15) is 0 Å². The zero-order valence-corrected chi connectivity index (χ0v) is 12.2. The average Bonchev–Trinajstić information content (AvgIpc) is 2.34. The van der Waals surface area contributed by atoms with E-state index in [9.17, 15) is 4.79 Å².